The first kappa shape index (κ1) is 11.1. The number of nitrogens with zero attached hydrogens (tertiary/aromatic N) is 1. The number of rotatable bonds is 4. The Morgan fingerprint density at radius 3 is 2.71 bits per heavy atom. The van der Waals surface area contributed by atoms with Crippen LogP contribution in [0, 0.1) is 0 Å². The van der Waals surface area contributed by atoms with Crippen LogP contribution in [-0.2, 0) is 10.0 Å². The zero-order chi connectivity index (χ0) is 10.6. The third-order valence-corrected chi connectivity index (χ3v) is 3.34. The van der Waals surface area contributed by atoms with Crippen molar-refractivity contribution in [2.45, 2.75) is 19.9 Å². The summed E-state index contributed by atoms with van der Waals surface area (Å²) >= 11 is 0. The van der Waals surface area contributed by atoms with Crippen LogP contribution in [0.25, 0.3) is 0 Å². The van der Waals surface area contributed by atoms with Gasteiger partial charge in [0.1, 0.15) is 0 Å². The quantitative estimate of drug-likeness (QED) is 0.816. The van der Waals surface area contributed by atoms with Crippen molar-refractivity contribution in [2.24, 2.45) is 0 Å². The summed E-state index contributed by atoms with van der Waals surface area (Å²) < 4.78 is 25.0. The molecule has 4 nitrogen and oxygen atoms in total. The standard InChI is InChI=1S/C9H14N2O2S/c1-3-14(12,13)11-8(2)9-6-4-5-7-10-9/h4-8,11H,3H2,1-2H3/t8-/m0/s1. The van der Waals surface area contributed by atoms with Crippen LogP contribution in [0.3, 0.4) is 0 Å². The summed E-state index contributed by atoms with van der Waals surface area (Å²) in [5, 5.41) is 0. The highest BCUT2D eigenvalue weighted by atomic mass is 32.2. The lowest BCUT2D eigenvalue weighted by atomic mass is 10.2. The lowest BCUT2D eigenvalue weighted by Crippen LogP contribution is -2.28. The highest BCUT2D eigenvalue weighted by molar-refractivity contribution is 7.89. The lowest BCUT2D eigenvalue weighted by molar-refractivity contribution is 0.565. The molecule has 0 bridgehead atoms. The predicted octanol–water partition coefficient (Wildman–Crippen LogP) is 1.08. The van der Waals surface area contributed by atoms with Gasteiger partial charge in [0.2, 0.25) is 10.0 Å². The number of nitrogens with one attached hydrogen (secondary N) is 1. The van der Waals surface area contributed by atoms with E-state index >= 15 is 0 Å². The topological polar surface area (TPSA) is 59.1 Å². The van der Waals surface area contributed by atoms with Crippen LogP contribution in [0.15, 0.2) is 24.4 Å². The second kappa shape index (κ2) is 4.52. The molecule has 0 fully saturated rings. The van der Waals surface area contributed by atoms with Crippen molar-refractivity contribution in [3.8, 4) is 0 Å². The number of hydrogen-bond acceptors (Lipinski definition) is 3. The number of sulfonamides is 1. The van der Waals surface area contributed by atoms with Gasteiger partial charge in [0.05, 0.1) is 17.5 Å². The highest BCUT2D eigenvalue weighted by Crippen LogP contribution is 2.08. The minimum atomic E-state index is -3.16. The summed E-state index contributed by atoms with van der Waals surface area (Å²) in [5.41, 5.74) is 0.726. The van der Waals surface area contributed by atoms with Crippen LogP contribution in [0.5, 0.6) is 0 Å². The van der Waals surface area contributed by atoms with Gasteiger partial charge in [0.15, 0.2) is 0 Å². The Bertz CT molecular complexity index is 375. The monoisotopic (exact) mass is 214 g/mol. The third kappa shape index (κ3) is 3.08. The fraction of sp³-hybridized carbons (Fsp3) is 0.444. The van der Waals surface area contributed by atoms with E-state index in [1.165, 1.54) is 0 Å². The Labute approximate surface area is 84.4 Å². The summed E-state index contributed by atoms with van der Waals surface area (Å²) in [7, 11) is -3.16. The minimum Gasteiger partial charge on any atom is -0.260 e. The summed E-state index contributed by atoms with van der Waals surface area (Å²) in [6.45, 7) is 3.38. The first-order valence-electron chi connectivity index (χ1n) is 4.46. The molecule has 0 saturated carbocycles. The van der Waals surface area contributed by atoms with Crippen molar-refractivity contribution in [1.29, 1.82) is 0 Å². The minimum absolute atomic E-state index is 0.0875. The maximum absolute atomic E-state index is 11.2. The Morgan fingerprint density at radius 2 is 2.21 bits per heavy atom. The smallest absolute Gasteiger partial charge is 0.211 e. The van der Waals surface area contributed by atoms with Crippen LogP contribution >= 0.6 is 0 Å². The van der Waals surface area contributed by atoms with E-state index in [1.807, 2.05) is 6.07 Å². The van der Waals surface area contributed by atoms with Gasteiger partial charge >= 0.3 is 0 Å². The Morgan fingerprint density at radius 1 is 1.50 bits per heavy atom. The van der Waals surface area contributed by atoms with Crippen LogP contribution in [0.1, 0.15) is 25.6 Å². The summed E-state index contributed by atoms with van der Waals surface area (Å²) in [4.78, 5) is 4.07. The lowest BCUT2D eigenvalue weighted by Gasteiger charge is -2.12. The normalized spacial score (nSPS) is 13.9. The van der Waals surface area contributed by atoms with Crippen molar-refractivity contribution in [3.63, 3.8) is 0 Å². The molecule has 1 aromatic heterocycles. The maximum atomic E-state index is 11.2. The van der Waals surface area contributed by atoms with Gasteiger partial charge in [-0.15, -0.1) is 0 Å². The van der Waals surface area contributed by atoms with Gasteiger partial charge in [0, 0.05) is 6.20 Å². The Kier molecular flexibility index (Phi) is 3.60. The van der Waals surface area contributed by atoms with E-state index in [4.69, 9.17) is 0 Å². The summed E-state index contributed by atoms with van der Waals surface area (Å²) in [6.07, 6.45) is 1.64. The fourth-order valence-corrected chi connectivity index (χ4v) is 1.87. The molecule has 0 aliphatic rings. The number of pyridine rings is 1. The molecule has 0 aliphatic carbocycles. The molecule has 1 aromatic rings. The zero-order valence-corrected chi connectivity index (χ0v) is 9.08. The van der Waals surface area contributed by atoms with E-state index in [9.17, 15) is 8.42 Å². The highest BCUT2D eigenvalue weighted by Gasteiger charge is 2.13. The first-order chi connectivity index (χ1) is 6.55. The molecule has 78 valence electrons. The molecule has 1 rings (SSSR count). The molecule has 0 saturated heterocycles. The molecule has 1 heterocycles. The van der Waals surface area contributed by atoms with Gasteiger partial charge in [-0.3, -0.25) is 4.98 Å². The molecule has 0 amide bonds. The van der Waals surface area contributed by atoms with Crippen LogP contribution in [0.2, 0.25) is 0 Å². The molecular formula is C9H14N2O2S. The molecule has 0 unspecified atom stereocenters. The van der Waals surface area contributed by atoms with Crippen molar-refractivity contribution >= 4 is 10.0 Å². The van der Waals surface area contributed by atoms with Gasteiger partial charge in [-0.05, 0) is 26.0 Å². The van der Waals surface area contributed by atoms with E-state index in [2.05, 4.69) is 9.71 Å². The molecule has 5 heteroatoms. The molecule has 0 radical (unpaired) electrons. The largest absolute Gasteiger partial charge is 0.260 e. The fourth-order valence-electron chi connectivity index (χ4n) is 1.05. The second-order valence-electron chi connectivity index (χ2n) is 3.00. The summed E-state index contributed by atoms with van der Waals surface area (Å²) in [6, 6.07) is 5.15. The Hall–Kier alpha value is -0.940. The van der Waals surface area contributed by atoms with Crippen LogP contribution in [-0.4, -0.2) is 19.2 Å². The summed E-state index contributed by atoms with van der Waals surface area (Å²) in [5.74, 6) is 0.0875. The van der Waals surface area contributed by atoms with E-state index < -0.39 is 10.0 Å². The molecule has 0 aromatic carbocycles. The third-order valence-electron chi connectivity index (χ3n) is 1.87. The first-order valence-corrected chi connectivity index (χ1v) is 6.11. The van der Waals surface area contributed by atoms with E-state index in [1.54, 1.807) is 32.2 Å². The van der Waals surface area contributed by atoms with E-state index in [0.29, 0.717) is 0 Å². The SMILES string of the molecule is CCS(=O)(=O)N[C@@H](C)c1ccccn1. The molecule has 1 atom stereocenters. The van der Waals surface area contributed by atoms with Crippen molar-refractivity contribution in [2.75, 3.05) is 5.75 Å². The van der Waals surface area contributed by atoms with Gasteiger partial charge in [0.25, 0.3) is 0 Å². The molecule has 0 spiro atoms. The molecule has 14 heavy (non-hydrogen) atoms. The van der Waals surface area contributed by atoms with Gasteiger partial charge in [-0.25, -0.2) is 13.1 Å². The van der Waals surface area contributed by atoms with Crippen molar-refractivity contribution < 1.29 is 8.42 Å². The predicted molar refractivity (Wildman–Crippen MR) is 55.2 cm³/mol. The maximum Gasteiger partial charge on any atom is 0.211 e. The number of hydrogen-bond donors (Lipinski definition) is 1. The van der Waals surface area contributed by atoms with Crippen molar-refractivity contribution in [3.05, 3.63) is 30.1 Å². The van der Waals surface area contributed by atoms with Crippen LogP contribution in [0.4, 0.5) is 0 Å². The second-order valence-corrected chi connectivity index (χ2v) is 5.04. The molecule has 1 N–H and O–H groups in total. The van der Waals surface area contributed by atoms with Crippen LogP contribution < -0.4 is 4.72 Å². The van der Waals surface area contributed by atoms with Crippen molar-refractivity contribution in [1.82, 2.24) is 9.71 Å². The van der Waals surface area contributed by atoms with Gasteiger partial charge < -0.3 is 0 Å². The van der Waals surface area contributed by atoms with E-state index in [0.717, 1.165) is 5.69 Å². The van der Waals surface area contributed by atoms with Gasteiger partial charge in [-0.2, -0.15) is 0 Å². The average Bonchev–Trinajstić information content (AvgIpc) is 2.19. The number of aromatic nitrogens is 1. The molecular weight excluding hydrogens is 200 g/mol. The Balaban J connectivity index is 2.74. The van der Waals surface area contributed by atoms with E-state index in [-0.39, 0.29) is 11.8 Å². The van der Waals surface area contributed by atoms with Gasteiger partial charge in [-0.1, -0.05) is 6.07 Å². The molecule has 0 aliphatic heterocycles. The average molecular weight is 214 g/mol. The zero-order valence-electron chi connectivity index (χ0n) is 8.27.